The first-order valence-electron chi connectivity index (χ1n) is 15.3. The molecule has 1 aliphatic rings. The Hall–Kier alpha value is -4.38. The summed E-state index contributed by atoms with van der Waals surface area (Å²) < 4.78 is 41.2. The molecule has 0 spiro atoms. The van der Waals surface area contributed by atoms with Crippen LogP contribution >= 0.6 is 0 Å². The van der Waals surface area contributed by atoms with E-state index in [2.05, 4.69) is 9.62 Å². The number of ether oxygens (including phenoxy) is 2. The molecule has 0 aliphatic carbocycles. The maximum Gasteiger partial charge on any atom is 0.261 e. The molecule has 10 heteroatoms. The van der Waals surface area contributed by atoms with E-state index in [4.69, 9.17) is 9.47 Å². The number of hydrogen-bond donors (Lipinski definition) is 2. The molecule has 242 valence electrons. The summed E-state index contributed by atoms with van der Waals surface area (Å²) >= 11 is 0. The standard InChI is InChI=1S/C36H41N3O6S/c1-25-10-17-32(18-11-25)46(42,43)37-29-14-19-34-33(20-29)36(41)39(27(3)24-40)21-26(2)35(45-34)23-38(4)22-28-12-15-31(16-13-28)44-30-8-6-5-7-9-30/h5-20,26-27,35,37,40H,21-24H2,1-4H3/t26-,27-,35+/m1/s1. The summed E-state index contributed by atoms with van der Waals surface area (Å²) in [6.07, 6.45) is -0.291. The Morgan fingerprint density at radius 1 is 1.00 bits per heavy atom. The molecule has 0 radical (unpaired) electrons. The Kier molecular flexibility index (Phi) is 10.3. The number of hydrogen-bond acceptors (Lipinski definition) is 7. The van der Waals surface area contributed by atoms with Crippen LogP contribution in [0, 0.1) is 12.8 Å². The van der Waals surface area contributed by atoms with Crippen molar-refractivity contribution in [2.75, 3.05) is 31.5 Å². The predicted molar refractivity (Wildman–Crippen MR) is 179 cm³/mol. The Labute approximate surface area is 271 Å². The summed E-state index contributed by atoms with van der Waals surface area (Å²) in [5.74, 6) is 1.52. The minimum Gasteiger partial charge on any atom is -0.488 e. The number of sulfonamides is 1. The highest BCUT2D eigenvalue weighted by molar-refractivity contribution is 7.92. The zero-order valence-electron chi connectivity index (χ0n) is 26.6. The number of carbonyl (C=O) groups is 1. The fraction of sp³-hybridized carbons (Fsp3) is 0.306. The molecular weight excluding hydrogens is 602 g/mol. The minimum atomic E-state index is -3.88. The van der Waals surface area contributed by atoms with Crippen molar-refractivity contribution in [3.63, 3.8) is 0 Å². The number of nitrogens with zero attached hydrogens (tertiary/aromatic N) is 2. The highest BCUT2D eigenvalue weighted by atomic mass is 32.2. The summed E-state index contributed by atoms with van der Waals surface area (Å²) in [5, 5.41) is 10.00. The third-order valence-corrected chi connectivity index (χ3v) is 9.49. The molecular formula is C36H41N3O6S. The highest BCUT2D eigenvalue weighted by Gasteiger charge is 2.33. The van der Waals surface area contributed by atoms with Crippen LogP contribution in [0.25, 0.3) is 0 Å². The quantitative estimate of drug-likeness (QED) is 0.208. The van der Waals surface area contributed by atoms with Crippen LogP contribution in [0.3, 0.4) is 0 Å². The van der Waals surface area contributed by atoms with E-state index in [1.54, 1.807) is 48.2 Å². The molecule has 0 aromatic heterocycles. The van der Waals surface area contributed by atoms with Gasteiger partial charge in [0.25, 0.3) is 15.9 Å². The largest absolute Gasteiger partial charge is 0.488 e. The van der Waals surface area contributed by atoms with Crippen LogP contribution in [0.2, 0.25) is 0 Å². The fourth-order valence-corrected chi connectivity index (χ4v) is 6.46. The lowest BCUT2D eigenvalue weighted by molar-refractivity contribution is 0.0341. The second-order valence-corrected chi connectivity index (χ2v) is 13.7. The van der Waals surface area contributed by atoms with Crippen molar-refractivity contribution < 1.29 is 27.8 Å². The normalized spacial score (nSPS) is 17.4. The van der Waals surface area contributed by atoms with E-state index in [0.29, 0.717) is 25.4 Å². The zero-order chi connectivity index (χ0) is 32.8. The maximum absolute atomic E-state index is 13.8. The van der Waals surface area contributed by atoms with Gasteiger partial charge >= 0.3 is 0 Å². The monoisotopic (exact) mass is 643 g/mol. The number of amides is 1. The zero-order valence-corrected chi connectivity index (χ0v) is 27.4. The highest BCUT2D eigenvalue weighted by Crippen LogP contribution is 2.32. The number of rotatable bonds is 11. The van der Waals surface area contributed by atoms with Gasteiger partial charge in [-0.05, 0) is 81.1 Å². The summed E-state index contributed by atoms with van der Waals surface area (Å²) in [5.41, 5.74) is 2.53. The lowest BCUT2D eigenvalue weighted by Gasteiger charge is -2.38. The van der Waals surface area contributed by atoms with Crippen molar-refractivity contribution in [3.05, 3.63) is 114 Å². The first-order chi connectivity index (χ1) is 22.0. The molecule has 4 aromatic carbocycles. The second kappa shape index (κ2) is 14.4. The number of aryl methyl sites for hydroxylation is 1. The topological polar surface area (TPSA) is 108 Å². The third kappa shape index (κ3) is 8.06. The minimum absolute atomic E-state index is 0.0603. The lowest BCUT2D eigenvalue weighted by atomic mass is 9.99. The fourth-order valence-electron chi connectivity index (χ4n) is 5.41. The molecule has 9 nitrogen and oxygen atoms in total. The van der Waals surface area contributed by atoms with Crippen LogP contribution in [0.5, 0.6) is 17.2 Å². The van der Waals surface area contributed by atoms with Gasteiger partial charge in [0, 0.05) is 31.2 Å². The third-order valence-electron chi connectivity index (χ3n) is 8.09. The van der Waals surface area contributed by atoms with E-state index in [1.807, 2.05) is 75.5 Å². The van der Waals surface area contributed by atoms with E-state index in [-0.39, 0.29) is 40.7 Å². The molecule has 5 rings (SSSR count). The maximum atomic E-state index is 13.8. The summed E-state index contributed by atoms with van der Waals surface area (Å²) in [6.45, 7) is 7.11. The molecule has 0 saturated heterocycles. The van der Waals surface area contributed by atoms with Crippen LogP contribution in [-0.4, -0.2) is 68.1 Å². The molecule has 0 fully saturated rings. The molecule has 4 aromatic rings. The van der Waals surface area contributed by atoms with Crippen molar-refractivity contribution in [2.24, 2.45) is 5.92 Å². The van der Waals surface area contributed by atoms with Crippen LogP contribution in [0.1, 0.15) is 35.3 Å². The Morgan fingerprint density at radius 3 is 2.35 bits per heavy atom. The van der Waals surface area contributed by atoms with Crippen molar-refractivity contribution >= 4 is 21.6 Å². The average molecular weight is 644 g/mol. The van der Waals surface area contributed by atoms with E-state index in [9.17, 15) is 18.3 Å². The molecule has 46 heavy (non-hydrogen) atoms. The van der Waals surface area contributed by atoms with Gasteiger partial charge in [-0.3, -0.25) is 14.4 Å². The predicted octanol–water partition coefficient (Wildman–Crippen LogP) is 5.94. The second-order valence-electron chi connectivity index (χ2n) is 12.0. The molecule has 0 bridgehead atoms. The van der Waals surface area contributed by atoms with E-state index in [0.717, 1.165) is 22.6 Å². The lowest BCUT2D eigenvalue weighted by Crippen LogP contribution is -2.49. The van der Waals surface area contributed by atoms with Crippen molar-refractivity contribution in [3.8, 4) is 17.2 Å². The summed E-state index contributed by atoms with van der Waals surface area (Å²) in [6, 6.07) is 28.5. The van der Waals surface area contributed by atoms with Gasteiger partial charge in [0.05, 0.1) is 23.1 Å². The van der Waals surface area contributed by atoms with E-state index < -0.39 is 16.1 Å². The molecule has 0 saturated carbocycles. The van der Waals surface area contributed by atoms with Crippen molar-refractivity contribution in [1.82, 2.24) is 9.80 Å². The van der Waals surface area contributed by atoms with Gasteiger partial charge in [0.1, 0.15) is 23.4 Å². The van der Waals surface area contributed by atoms with Gasteiger partial charge in [-0.1, -0.05) is 55.0 Å². The Balaban J connectivity index is 1.34. The van der Waals surface area contributed by atoms with Crippen molar-refractivity contribution in [1.29, 1.82) is 0 Å². The summed E-state index contributed by atoms with van der Waals surface area (Å²) in [7, 11) is -1.86. The number of fused-ring (bicyclic) bond motifs is 1. The molecule has 1 amide bonds. The van der Waals surface area contributed by atoms with Gasteiger partial charge in [-0.25, -0.2) is 8.42 Å². The first-order valence-corrected chi connectivity index (χ1v) is 16.8. The van der Waals surface area contributed by atoms with Gasteiger partial charge in [-0.15, -0.1) is 0 Å². The molecule has 2 N–H and O–H groups in total. The van der Waals surface area contributed by atoms with E-state index >= 15 is 0 Å². The average Bonchev–Trinajstić information content (AvgIpc) is 3.04. The van der Waals surface area contributed by atoms with Gasteiger partial charge in [0.2, 0.25) is 0 Å². The van der Waals surface area contributed by atoms with Crippen LogP contribution in [-0.2, 0) is 16.6 Å². The smallest absolute Gasteiger partial charge is 0.261 e. The molecule has 3 atom stereocenters. The molecule has 1 heterocycles. The number of likely N-dealkylation sites (N-methyl/N-ethyl adjacent to an activating group) is 1. The van der Waals surface area contributed by atoms with Gasteiger partial charge in [0.15, 0.2) is 0 Å². The SMILES string of the molecule is Cc1ccc(S(=O)(=O)Nc2ccc3c(c2)C(=O)N([C@H](C)CO)C[C@@H](C)[C@H](CN(C)Cc2ccc(Oc4ccccc4)cc2)O3)cc1. The van der Waals surface area contributed by atoms with Crippen LogP contribution < -0.4 is 14.2 Å². The number of carbonyl (C=O) groups excluding carboxylic acids is 1. The van der Waals surface area contributed by atoms with Gasteiger partial charge in [-0.2, -0.15) is 0 Å². The number of benzene rings is 4. The Bertz CT molecular complexity index is 1730. The van der Waals surface area contributed by atoms with Crippen LogP contribution in [0.15, 0.2) is 102 Å². The van der Waals surface area contributed by atoms with E-state index in [1.165, 1.54) is 6.07 Å². The van der Waals surface area contributed by atoms with Crippen molar-refractivity contribution in [2.45, 2.75) is 44.4 Å². The number of nitrogens with one attached hydrogen (secondary N) is 1. The van der Waals surface area contributed by atoms with Gasteiger partial charge < -0.3 is 19.5 Å². The number of aliphatic hydroxyl groups excluding tert-OH is 1. The first kappa shape index (κ1) is 33.0. The number of aliphatic hydroxyl groups is 1. The number of para-hydroxylation sites is 1. The molecule has 0 unspecified atom stereocenters. The molecule has 1 aliphatic heterocycles. The Morgan fingerprint density at radius 2 is 1.67 bits per heavy atom. The van der Waals surface area contributed by atoms with Crippen LogP contribution in [0.4, 0.5) is 5.69 Å². The summed E-state index contributed by atoms with van der Waals surface area (Å²) in [4.78, 5) is 17.7. The number of anilines is 1.